The van der Waals surface area contributed by atoms with E-state index in [0.29, 0.717) is 28.8 Å². The van der Waals surface area contributed by atoms with E-state index in [9.17, 15) is 18.4 Å². The molecule has 0 fully saturated rings. The molecule has 2 rings (SSSR count). The number of carbonyl (C=O) groups excluding carboxylic acids is 2. The first-order valence-corrected chi connectivity index (χ1v) is 8.99. The first kappa shape index (κ1) is 21.6. The maximum absolute atomic E-state index is 12.1. The topological polar surface area (TPSA) is 73.9 Å². The van der Waals surface area contributed by atoms with Crippen molar-refractivity contribution in [1.82, 2.24) is 5.32 Å². The van der Waals surface area contributed by atoms with Gasteiger partial charge in [0.15, 0.2) is 6.61 Å². The van der Waals surface area contributed by atoms with Crippen molar-refractivity contribution in [2.24, 2.45) is 0 Å². The summed E-state index contributed by atoms with van der Waals surface area (Å²) in [6.07, 6.45) is 0.526. The third-order valence-corrected chi connectivity index (χ3v) is 4.22. The Morgan fingerprint density at radius 2 is 1.86 bits per heavy atom. The van der Waals surface area contributed by atoms with Crippen molar-refractivity contribution in [1.29, 1.82) is 0 Å². The van der Waals surface area contributed by atoms with Crippen molar-refractivity contribution in [3.8, 4) is 11.5 Å². The van der Waals surface area contributed by atoms with Gasteiger partial charge in [0.25, 0.3) is 5.91 Å². The van der Waals surface area contributed by atoms with Gasteiger partial charge in [-0.2, -0.15) is 8.78 Å². The second-order valence-corrected chi connectivity index (χ2v) is 6.40. The molecule has 0 aliphatic carbocycles. The Morgan fingerprint density at radius 1 is 1.14 bits per heavy atom. The van der Waals surface area contributed by atoms with Gasteiger partial charge in [-0.25, -0.2) is 4.79 Å². The highest BCUT2D eigenvalue weighted by Crippen LogP contribution is 2.26. The summed E-state index contributed by atoms with van der Waals surface area (Å²) in [5.74, 6) is -0.294. The normalized spacial score (nSPS) is 10.5. The molecule has 150 valence electrons. The molecule has 1 N–H and O–H groups in total. The zero-order valence-corrected chi connectivity index (χ0v) is 16.5. The van der Waals surface area contributed by atoms with Crippen molar-refractivity contribution >= 4 is 27.8 Å². The number of halogens is 3. The lowest BCUT2D eigenvalue weighted by Crippen LogP contribution is -2.30. The van der Waals surface area contributed by atoms with Gasteiger partial charge in [-0.3, -0.25) is 4.79 Å². The fourth-order valence-electron chi connectivity index (χ4n) is 2.24. The summed E-state index contributed by atoms with van der Waals surface area (Å²) in [5.41, 5.74) is 1.22. The van der Waals surface area contributed by atoms with Crippen LogP contribution in [0.25, 0.3) is 0 Å². The highest BCUT2D eigenvalue weighted by Gasteiger charge is 2.10. The van der Waals surface area contributed by atoms with Gasteiger partial charge in [0.2, 0.25) is 0 Å². The number of methoxy groups -OCH3 is 1. The molecule has 0 atom stereocenters. The van der Waals surface area contributed by atoms with Crippen molar-refractivity contribution in [2.45, 2.75) is 13.0 Å². The third-order valence-electron chi connectivity index (χ3n) is 3.60. The summed E-state index contributed by atoms with van der Waals surface area (Å²) in [7, 11) is 1.29. The minimum absolute atomic E-state index is 0.0833. The number of hydrogen-bond donors (Lipinski definition) is 1. The molecule has 0 saturated carbocycles. The second-order valence-electron chi connectivity index (χ2n) is 5.55. The van der Waals surface area contributed by atoms with Crippen LogP contribution in [-0.4, -0.2) is 38.7 Å². The van der Waals surface area contributed by atoms with Crippen LogP contribution < -0.4 is 14.8 Å². The Kier molecular flexibility index (Phi) is 8.19. The average molecular weight is 458 g/mol. The van der Waals surface area contributed by atoms with E-state index < -0.39 is 12.6 Å². The molecule has 0 aliphatic rings. The van der Waals surface area contributed by atoms with Crippen LogP contribution in [0.4, 0.5) is 8.78 Å². The zero-order valence-electron chi connectivity index (χ0n) is 14.9. The van der Waals surface area contributed by atoms with E-state index in [2.05, 4.69) is 30.7 Å². The molecule has 0 spiro atoms. The van der Waals surface area contributed by atoms with Crippen molar-refractivity contribution in [3.63, 3.8) is 0 Å². The molecule has 1 amide bonds. The molecule has 6 nitrogen and oxygen atoms in total. The van der Waals surface area contributed by atoms with Gasteiger partial charge in [-0.1, -0.05) is 12.1 Å². The second kappa shape index (κ2) is 10.6. The van der Waals surface area contributed by atoms with Gasteiger partial charge in [-0.15, -0.1) is 0 Å². The average Bonchev–Trinajstić information content (AvgIpc) is 2.67. The van der Waals surface area contributed by atoms with Gasteiger partial charge in [-0.05, 0) is 58.2 Å². The lowest BCUT2D eigenvalue weighted by Gasteiger charge is -2.10. The minimum atomic E-state index is -2.86. The van der Waals surface area contributed by atoms with Gasteiger partial charge >= 0.3 is 12.6 Å². The van der Waals surface area contributed by atoms with E-state index in [1.165, 1.54) is 25.3 Å². The summed E-state index contributed by atoms with van der Waals surface area (Å²) in [5, 5.41) is 2.70. The fourth-order valence-corrected chi connectivity index (χ4v) is 2.73. The fraction of sp³-hybridized carbons (Fsp3) is 0.263. The SMILES string of the molecule is COC(=O)c1ccc(OCC(=O)NCCc2ccc(OC(F)F)cc2)c(Br)c1. The number of ether oxygens (including phenoxy) is 3. The molecule has 28 heavy (non-hydrogen) atoms. The van der Waals surface area contributed by atoms with Crippen molar-refractivity contribution < 1.29 is 32.6 Å². The van der Waals surface area contributed by atoms with Gasteiger partial charge in [0.05, 0.1) is 17.1 Å². The van der Waals surface area contributed by atoms with Crippen molar-refractivity contribution in [2.75, 3.05) is 20.3 Å². The number of carbonyl (C=O) groups is 2. The van der Waals surface area contributed by atoms with E-state index in [0.717, 1.165) is 5.56 Å². The Balaban J connectivity index is 1.75. The minimum Gasteiger partial charge on any atom is -0.483 e. The summed E-state index contributed by atoms with van der Waals surface area (Å²) >= 11 is 3.28. The maximum atomic E-state index is 12.1. The number of hydrogen-bond acceptors (Lipinski definition) is 5. The summed E-state index contributed by atoms with van der Waals surface area (Å²) in [6.45, 7) is -2.70. The number of alkyl halides is 2. The van der Waals surface area contributed by atoms with Crippen molar-refractivity contribution in [3.05, 3.63) is 58.1 Å². The number of rotatable bonds is 9. The van der Waals surface area contributed by atoms with Crippen LogP contribution in [-0.2, 0) is 16.0 Å². The molecular formula is C19H18BrF2NO5. The Labute approximate surface area is 168 Å². The predicted octanol–water partition coefficient (Wildman–Crippen LogP) is 3.57. The van der Waals surface area contributed by atoms with E-state index in [-0.39, 0.29) is 18.3 Å². The zero-order chi connectivity index (χ0) is 20.5. The van der Waals surface area contributed by atoms with Crippen LogP contribution >= 0.6 is 15.9 Å². The lowest BCUT2D eigenvalue weighted by atomic mass is 10.1. The first-order valence-electron chi connectivity index (χ1n) is 8.20. The number of amides is 1. The molecular weight excluding hydrogens is 440 g/mol. The van der Waals surface area contributed by atoms with Gasteiger partial charge in [0.1, 0.15) is 11.5 Å². The van der Waals surface area contributed by atoms with Crippen LogP contribution in [0.1, 0.15) is 15.9 Å². The summed E-state index contributed by atoms with van der Waals surface area (Å²) < 4.78 is 39.0. The van der Waals surface area contributed by atoms with Crippen LogP contribution in [0, 0.1) is 0 Å². The predicted molar refractivity (Wildman–Crippen MR) is 101 cm³/mol. The van der Waals surface area contributed by atoms with Crippen LogP contribution in [0.5, 0.6) is 11.5 Å². The highest BCUT2D eigenvalue weighted by molar-refractivity contribution is 9.10. The maximum Gasteiger partial charge on any atom is 0.387 e. The molecule has 2 aromatic rings. The van der Waals surface area contributed by atoms with Gasteiger partial charge < -0.3 is 19.5 Å². The largest absolute Gasteiger partial charge is 0.483 e. The number of benzene rings is 2. The van der Waals surface area contributed by atoms with Crippen LogP contribution in [0.3, 0.4) is 0 Å². The first-order chi connectivity index (χ1) is 13.4. The quantitative estimate of drug-likeness (QED) is 0.582. The molecule has 0 saturated heterocycles. The molecule has 0 aromatic heterocycles. The molecule has 0 aliphatic heterocycles. The number of nitrogens with one attached hydrogen (secondary N) is 1. The van der Waals surface area contributed by atoms with Crippen LogP contribution in [0.15, 0.2) is 46.9 Å². The third kappa shape index (κ3) is 6.80. The van der Waals surface area contributed by atoms with Gasteiger partial charge in [0, 0.05) is 6.54 Å². The highest BCUT2D eigenvalue weighted by atomic mass is 79.9. The summed E-state index contributed by atoms with van der Waals surface area (Å²) in [4.78, 5) is 23.3. The Hall–Kier alpha value is -2.68. The Morgan fingerprint density at radius 3 is 2.46 bits per heavy atom. The van der Waals surface area contributed by atoms with E-state index in [1.807, 2.05) is 0 Å². The molecule has 0 heterocycles. The van der Waals surface area contributed by atoms with Crippen LogP contribution in [0.2, 0.25) is 0 Å². The monoisotopic (exact) mass is 457 g/mol. The molecule has 0 bridgehead atoms. The molecule has 9 heteroatoms. The van der Waals surface area contributed by atoms with E-state index in [1.54, 1.807) is 24.3 Å². The Bertz CT molecular complexity index is 814. The van der Waals surface area contributed by atoms with E-state index >= 15 is 0 Å². The summed E-state index contributed by atoms with van der Waals surface area (Å²) in [6, 6.07) is 10.8. The molecule has 2 aromatic carbocycles. The smallest absolute Gasteiger partial charge is 0.387 e. The molecule has 0 unspecified atom stereocenters. The molecule has 0 radical (unpaired) electrons. The standard InChI is InChI=1S/C19H18BrF2NO5/c1-26-18(25)13-4-7-16(15(20)10-13)27-11-17(24)23-9-8-12-2-5-14(6-3-12)28-19(21)22/h2-7,10,19H,8-9,11H2,1H3,(H,23,24). The van der Waals surface area contributed by atoms with E-state index in [4.69, 9.17) is 4.74 Å². The lowest BCUT2D eigenvalue weighted by molar-refractivity contribution is -0.123. The number of esters is 1.